The van der Waals surface area contributed by atoms with Crippen LogP contribution >= 0.6 is 23.1 Å². The second-order valence-corrected chi connectivity index (χ2v) is 12.5. The van der Waals surface area contributed by atoms with Crippen molar-refractivity contribution in [3.8, 4) is 0 Å². The van der Waals surface area contributed by atoms with Crippen LogP contribution in [0.4, 0.5) is 5.69 Å². The van der Waals surface area contributed by atoms with Gasteiger partial charge in [0.2, 0.25) is 11.8 Å². The summed E-state index contributed by atoms with van der Waals surface area (Å²) in [5.41, 5.74) is 2.27. The quantitative estimate of drug-likeness (QED) is 0.555. The minimum absolute atomic E-state index is 0.00792. The lowest BCUT2D eigenvalue weighted by Gasteiger charge is -2.43. The zero-order valence-corrected chi connectivity index (χ0v) is 22.0. The van der Waals surface area contributed by atoms with Crippen LogP contribution in [0.1, 0.15) is 43.6 Å². The van der Waals surface area contributed by atoms with E-state index in [1.165, 1.54) is 18.3 Å². The van der Waals surface area contributed by atoms with Gasteiger partial charge < -0.3 is 15.0 Å². The Balaban J connectivity index is 1.41. The van der Waals surface area contributed by atoms with Crippen LogP contribution in [-0.4, -0.2) is 57.2 Å². The summed E-state index contributed by atoms with van der Waals surface area (Å²) in [6.45, 7) is 7.50. The first kappa shape index (κ1) is 23.8. The molecule has 3 heterocycles. The first-order chi connectivity index (χ1) is 17.3. The molecule has 2 bridgehead atoms. The average Bonchev–Trinajstić information content (AvgIpc) is 3.58. The fourth-order valence-electron chi connectivity index (χ4n) is 7.39. The number of carboxylic acid groups (broad SMARTS) is 1. The number of aromatic nitrogens is 1. The molecule has 190 valence electrons. The van der Waals surface area contributed by atoms with Crippen LogP contribution in [0.3, 0.4) is 0 Å². The van der Waals surface area contributed by atoms with E-state index < -0.39 is 23.8 Å². The van der Waals surface area contributed by atoms with Crippen LogP contribution in [0, 0.1) is 29.6 Å². The van der Waals surface area contributed by atoms with Crippen LogP contribution in [0.25, 0.3) is 0 Å². The Morgan fingerprint density at radius 3 is 2.36 bits per heavy atom. The minimum atomic E-state index is -1.17. The summed E-state index contributed by atoms with van der Waals surface area (Å²) < 4.78 is 0. The van der Waals surface area contributed by atoms with E-state index in [1.807, 2.05) is 0 Å². The third-order valence-corrected chi connectivity index (χ3v) is 11.5. The summed E-state index contributed by atoms with van der Waals surface area (Å²) >= 11 is 2.88. The van der Waals surface area contributed by atoms with Crippen molar-refractivity contribution in [2.75, 3.05) is 18.0 Å². The lowest BCUT2D eigenvalue weighted by molar-refractivity contribution is -0.154. The van der Waals surface area contributed by atoms with E-state index in [0.29, 0.717) is 0 Å². The number of aliphatic carboxylic acids is 1. The molecular weight excluding hydrogens is 498 g/mol. The predicted molar refractivity (Wildman–Crippen MR) is 137 cm³/mol. The summed E-state index contributed by atoms with van der Waals surface area (Å²) in [4.78, 5) is 58.1. The van der Waals surface area contributed by atoms with Crippen molar-refractivity contribution in [1.29, 1.82) is 0 Å². The van der Waals surface area contributed by atoms with Gasteiger partial charge >= 0.3 is 10.8 Å². The molecule has 2 N–H and O–H groups in total. The number of anilines is 1. The van der Waals surface area contributed by atoms with Gasteiger partial charge in [0, 0.05) is 34.8 Å². The van der Waals surface area contributed by atoms with Gasteiger partial charge in [-0.25, -0.2) is 4.79 Å². The van der Waals surface area contributed by atoms with E-state index in [4.69, 9.17) is 0 Å². The number of likely N-dealkylation sites (tertiary alicyclic amines) is 1. The highest BCUT2D eigenvalue weighted by molar-refractivity contribution is 8.00. The molecule has 2 aliphatic heterocycles. The number of nitrogens with one attached hydrogen (secondary N) is 1. The molecule has 8 nitrogen and oxygen atoms in total. The molecule has 2 aromatic rings. The van der Waals surface area contributed by atoms with E-state index >= 15 is 0 Å². The number of imide groups is 1. The normalized spacial score (nSPS) is 32.9. The lowest BCUT2D eigenvalue weighted by Crippen LogP contribution is -2.44. The van der Waals surface area contributed by atoms with Crippen molar-refractivity contribution in [3.05, 3.63) is 44.4 Å². The number of hydrogen-bond acceptors (Lipinski definition) is 7. The Hall–Kier alpha value is -2.59. The minimum Gasteiger partial charge on any atom is -0.480 e. The molecule has 4 aliphatic rings. The fraction of sp³-hybridized carbons (Fsp3) is 0.538. The number of thioether (sulfide) groups is 1. The Labute approximate surface area is 217 Å². The fourth-order valence-corrected chi connectivity index (χ4v) is 10.3. The largest absolute Gasteiger partial charge is 0.480 e. The number of rotatable bonds is 6. The molecule has 2 amide bonds. The summed E-state index contributed by atoms with van der Waals surface area (Å²) in [5.74, 6) is -2.72. The summed E-state index contributed by atoms with van der Waals surface area (Å²) in [6.07, 6.45) is 0.789. The number of aromatic amines is 1. The number of hydrogen-bond donors (Lipinski definition) is 2. The molecule has 10 heteroatoms. The molecule has 0 spiro atoms. The van der Waals surface area contributed by atoms with Crippen molar-refractivity contribution in [2.45, 2.75) is 49.4 Å². The van der Waals surface area contributed by atoms with Crippen molar-refractivity contribution < 1.29 is 19.5 Å². The zero-order valence-electron chi connectivity index (χ0n) is 20.3. The van der Waals surface area contributed by atoms with Crippen molar-refractivity contribution in [3.63, 3.8) is 0 Å². The second-order valence-electron chi connectivity index (χ2n) is 10.3. The van der Waals surface area contributed by atoms with Gasteiger partial charge in [-0.05, 0) is 62.6 Å². The summed E-state index contributed by atoms with van der Waals surface area (Å²) in [7, 11) is 0. The topological polar surface area (TPSA) is 111 Å². The molecule has 1 saturated heterocycles. The van der Waals surface area contributed by atoms with Gasteiger partial charge in [-0.1, -0.05) is 23.5 Å². The van der Waals surface area contributed by atoms with E-state index in [9.17, 15) is 24.3 Å². The summed E-state index contributed by atoms with van der Waals surface area (Å²) in [5, 5.41) is 10.5. The predicted octanol–water partition coefficient (Wildman–Crippen LogP) is 3.23. The average molecular weight is 528 g/mol. The Morgan fingerprint density at radius 2 is 1.75 bits per heavy atom. The standard InChI is InChI=1S/C26H29N3O5S2/c1-4-28(5-2)13-8-6-12(7-9-13)16-17-14-10-15(20(17)35-22-21(16)36-26(34)27-22)19-18(14)23(30)29(24(19)31)11(3)25(32)33/h6-9,11,14-20H,4-5,10H2,1-3H3,(H,27,34)(H,32,33)/t11?,14?,15?,16-,17?,18?,19?,20?/m1/s1. The number of nitrogens with zero attached hydrogens (tertiary/aromatic N) is 2. The number of thiazole rings is 1. The molecular formula is C26H29N3O5S2. The van der Waals surface area contributed by atoms with Gasteiger partial charge in [-0.15, -0.1) is 11.8 Å². The third kappa shape index (κ3) is 3.19. The monoisotopic (exact) mass is 527 g/mol. The maximum atomic E-state index is 13.5. The SMILES string of the molecule is CCN(CC)c1ccc([C@H]2c3sc(=O)[nH]c3SC3C4CC(C5C(=O)N(C(C)C(=O)O)C(=O)C45)C32)cc1. The highest BCUT2D eigenvalue weighted by atomic mass is 32.2. The number of benzene rings is 1. The molecule has 7 unspecified atom stereocenters. The van der Waals surface area contributed by atoms with Gasteiger partial charge in [0.25, 0.3) is 0 Å². The maximum Gasteiger partial charge on any atom is 0.326 e. The Kier molecular flexibility index (Phi) is 5.60. The molecule has 8 atom stereocenters. The first-order valence-corrected chi connectivity index (χ1v) is 14.3. The molecule has 2 saturated carbocycles. The number of carbonyl (C=O) groups excluding carboxylic acids is 2. The number of carbonyl (C=O) groups is 3. The van der Waals surface area contributed by atoms with Crippen LogP contribution < -0.4 is 9.77 Å². The number of fused-ring (bicyclic) bond motifs is 9. The molecule has 1 aromatic carbocycles. The van der Waals surface area contributed by atoms with E-state index in [0.717, 1.165) is 45.6 Å². The zero-order chi connectivity index (χ0) is 25.5. The van der Waals surface area contributed by atoms with Crippen molar-refractivity contribution in [2.24, 2.45) is 29.6 Å². The highest BCUT2D eigenvalue weighted by Crippen LogP contribution is 2.68. The second kappa shape index (κ2) is 8.48. The van der Waals surface area contributed by atoms with E-state index in [-0.39, 0.29) is 45.6 Å². The van der Waals surface area contributed by atoms with Crippen molar-refractivity contribution >= 4 is 46.6 Å². The van der Waals surface area contributed by atoms with Gasteiger partial charge in [0.15, 0.2) is 0 Å². The number of amides is 2. The smallest absolute Gasteiger partial charge is 0.326 e. The molecule has 6 rings (SSSR count). The molecule has 1 aromatic heterocycles. The van der Waals surface area contributed by atoms with Gasteiger partial charge in [0.05, 0.1) is 16.9 Å². The third-order valence-electron chi connectivity index (χ3n) is 8.88. The van der Waals surface area contributed by atoms with E-state index in [1.54, 1.807) is 11.8 Å². The van der Waals surface area contributed by atoms with Crippen molar-refractivity contribution in [1.82, 2.24) is 9.88 Å². The van der Waals surface area contributed by atoms with Crippen LogP contribution in [0.2, 0.25) is 0 Å². The highest BCUT2D eigenvalue weighted by Gasteiger charge is 2.70. The first-order valence-electron chi connectivity index (χ1n) is 12.6. The van der Waals surface area contributed by atoms with E-state index in [2.05, 4.69) is 48.0 Å². The van der Waals surface area contributed by atoms with Crippen LogP contribution in [0.15, 0.2) is 34.1 Å². The molecule has 0 radical (unpaired) electrons. The lowest BCUT2D eigenvalue weighted by atomic mass is 9.68. The molecule has 2 aliphatic carbocycles. The van der Waals surface area contributed by atoms with Gasteiger partial charge in [-0.3, -0.25) is 19.3 Å². The van der Waals surface area contributed by atoms with Crippen LogP contribution in [-0.2, 0) is 14.4 Å². The van der Waals surface area contributed by atoms with Crippen LogP contribution in [0.5, 0.6) is 0 Å². The summed E-state index contributed by atoms with van der Waals surface area (Å²) in [6, 6.07) is 7.38. The number of carboxylic acids is 1. The van der Waals surface area contributed by atoms with Gasteiger partial charge in [0.1, 0.15) is 6.04 Å². The Bertz CT molecular complexity index is 1300. The number of H-pyrrole nitrogens is 1. The Morgan fingerprint density at radius 1 is 1.11 bits per heavy atom. The molecule has 3 fully saturated rings. The molecule has 36 heavy (non-hydrogen) atoms. The van der Waals surface area contributed by atoms with Gasteiger partial charge in [-0.2, -0.15) is 0 Å². The maximum absolute atomic E-state index is 13.5.